The van der Waals surface area contributed by atoms with Crippen molar-refractivity contribution in [1.82, 2.24) is 14.2 Å². The summed E-state index contributed by atoms with van der Waals surface area (Å²) in [4.78, 5) is 19.8. The Morgan fingerprint density at radius 1 is 1.14 bits per heavy atom. The summed E-state index contributed by atoms with van der Waals surface area (Å²) in [5.41, 5.74) is 2.02. The molecule has 0 saturated carbocycles. The Morgan fingerprint density at radius 2 is 1.79 bits per heavy atom. The van der Waals surface area contributed by atoms with Crippen LogP contribution in [-0.2, 0) is 21.4 Å². The van der Waals surface area contributed by atoms with Crippen LogP contribution in [-0.4, -0.2) is 68.3 Å². The summed E-state index contributed by atoms with van der Waals surface area (Å²) in [6.07, 6.45) is 5.12. The summed E-state index contributed by atoms with van der Waals surface area (Å²) in [5, 5.41) is 1.15. The average Bonchev–Trinajstić information content (AvgIpc) is 2.74. The zero-order valence-electron chi connectivity index (χ0n) is 16.6. The van der Waals surface area contributed by atoms with Crippen LogP contribution in [0.4, 0.5) is 0 Å². The molecule has 1 aromatic heterocycles. The van der Waals surface area contributed by atoms with Gasteiger partial charge in [-0.1, -0.05) is 30.3 Å². The molecule has 1 saturated heterocycles. The summed E-state index contributed by atoms with van der Waals surface area (Å²) in [6.45, 7) is 3.71. The molecule has 0 atom stereocenters. The molecule has 154 valence electrons. The van der Waals surface area contributed by atoms with Crippen molar-refractivity contribution in [3.63, 3.8) is 0 Å². The van der Waals surface area contributed by atoms with Crippen LogP contribution in [0.3, 0.4) is 0 Å². The minimum Gasteiger partial charge on any atom is -0.330 e. The molecule has 0 bridgehead atoms. The molecule has 0 radical (unpaired) electrons. The van der Waals surface area contributed by atoms with Crippen molar-refractivity contribution in [2.45, 2.75) is 6.54 Å². The highest BCUT2D eigenvalue weighted by Gasteiger charge is 2.26. The summed E-state index contributed by atoms with van der Waals surface area (Å²) < 4.78 is 26.0. The molecule has 7 nitrogen and oxygen atoms in total. The normalized spacial score (nSPS) is 15.9. The Bertz CT molecular complexity index is 925. The molecule has 1 aliphatic heterocycles. The number of piperazine rings is 1. The van der Waals surface area contributed by atoms with Crippen LogP contribution in [0.25, 0.3) is 6.08 Å². The molecule has 2 aromatic rings. The van der Waals surface area contributed by atoms with E-state index in [0.29, 0.717) is 13.1 Å². The van der Waals surface area contributed by atoms with Crippen molar-refractivity contribution in [2.24, 2.45) is 0 Å². The van der Waals surface area contributed by atoms with Gasteiger partial charge in [0, 0.05) is 30.4 Å². The second kappa shape index (κ2) is 9.78. The lowest BCUT2D eigenvalue weighted by Crippen LogP contribution is -3.13. The maximum Gasteiger partial charge on any atom is 0.238 e. The standard InChI is InChI=1S/C21H26N4O3S/c1-23(29(27,28)16-9-19-5-3-2-4-6-19)18-21(26)25-14-12-24(13-15-25)17-20-7-10-22-11-8-20/h2-11,16H,12-15,17-18H2,1H3/p+1/b16-9+. The number of rotatable bonds is 7. The number of sulfonamides is 1. The van der Waals surface area contributed by atoms with Crippen LogP contribution in [0.15, 0.2) is 60.3 Å². The van der Waals surface area contributed by atoms with Crippen molar-refractivity contribution in [3.05, 3.63) is 71.4 Å². The number of amides is 1. The minimum absolute atomic E-state index is 0.152. The zero-order valence-corrected chi connectivity index (χ0v) is 17.4. The van der Waals surface area contributed by atoms with Gasteiger partial charge in [-0.3, -0.25) is 9.78 Å². The molecule has 1 amide bonds. The van der Waals surface area contributed by atoms with E-state index in [1.165, 1.54) is 23.6 Å². The van der Waals surface area contributed by atoms with E-state index >= 15 is 0 Å². The summed E-state index contributed by atoms with van der Waals surface area (Å²) >= 11 is 0. The summed E-state index contributed by atoms with van der Waals surface area (Å²) in [6, 6.07) is 13.2. The lowest BCUT2D eigenvalue weighted by molar-refractivity contribution is -0.917. The molecule has 3 rings (SSSR count). The molecule has 0 aliphatic carbocycles. The molecule has 0 spiro atoms. The summed E-state index contributed by atoms with van der Waals surface area (Å²) in [5.74, 6) is -0.160. The first-order valence-corrected chi connectivity index (χ1v) is 11.1. The van der Waals surface area contributed by atoms with Crippen LogP contribution in [0.1, 0.15) is 11.1 Å². The quantitative estimate of drug-likeness (QED) is 0.703. The van der Waals surface area contributed by atoms with Crippen molar-refractivity contribution in [3.8, 4) is 0 Å². The lowest BCUT2D eigenvalue weighted by atomic mass is 10.2. The Morgan fingerprint density at radius 3 is 2.45 bits per heavy atom. The molecule has 8 heteroatoms. The van der Waals surface area contributed by atoms with Gasteiger partial charge in [0.1, 0.15) is 6.54 Å². The first-order valence-electron chi connectivity index (χ1n) is 9.64. The van der Waals surface area contributed by atoms with E-state index in [0.717, 1.165) is 34.9 Å². The first kappa shape index (κ1) is 21.2. The van der Waals surface area contributed by atoms with Gasteiger partial charge in [-0.15, -0.1) is 0 Å². The molecule has 1 N–H and O–H groups in total. The average molecular weight is 416 g/mol. The van der Waals surface area contributed by atoms with E-state index in [1.54, 1.807) is 17.3 Å². The van der Waals surface area contributed by atoms with Crippen LogP contribution in [0.5, 0.6) is 0 Å². The van der Waals surface area contributed by atoms with E-state index in [4.69, 9.17) is 0 Å². The van der Waals surface area contributed by atoms with Gasteiger partial charge in [0.25, 0.3) is 0 Å². The Balaban J connectivity index is 1.49. The third kappa shape index (κ3) is 6.22. The fourth-order valence-electron chi connectivity index (χ4n) is 3.25. The molecule has 0 unspecified atom stereocenters. The molecule has 2 heterocycles. The van der Waals surface area contributed by atoms with Crippen molar-refractivity contribution in [1.29, 1.82) is 0 Å². The maximum atomic E-state index is 12.6. The fourth-order valence-corrected chi connectivity index (χ4v) is 4.08. The SMILES string of the molecule is CN(CC(=O)N1CC[NH+](Cc2ccncc2)CC1)S(=O)(=O)/C=C/c1ccccc1. The number of likely N-dealkylation sites (N-methyl/N-ethyl adjacent to an activating group) is 1. The molecular weight excluding hydrogens is 388 g/mol. The van der Waals surface area contributed by atoms with Crippen LogP contribution in [0.2, 0.25) is 0 Å². The molecule has 1 aromatic carbocycles. The number of hydrogen-bond donors (Lipinski definition) is 1. The van der Waals surface area contributed by atoms with Gasteiger partial charge in [0.2, 0.25) is 15.9 Å². The van der Waals surface area contributed by atoms with E-state index < -0.39 is 10.0 Å². The molecule has 1 aliphatic rings. The number of quaternary nitrogens is 1. The number of nitrogens with zero attached hydrogens (tertiary/aromatic N) is 3. The number of hydrogen-bond acceptors (Lipinski definition) is 4. The van der Waals surface area contributed by atoms with Crippen LogP contribution in [0, 0.1) is 0 Å². The number of nitrogens with one attached hydrogen (secondary N) is 1. The van der Waals surface area contributed by atoms with E-state index in [2.05, 4.69) is 4.98 Å². The maximum absolute atomic E-state index is 12.6. The highest BCUT2D eigenvalue weighted by atomic mass is 32.2. The van der Waals surface area contributed by atoms with Gasteiger partial charge in [0.05, 0.1) is 32.7 Å². The number of aromatic nitrogens is 1. The highest BCUT2D eigenvalue weighted by molar-refractivity contribution is 7.92. The Kier molecular flexibility index (Phi) is 7.13. The van der Waals surface area contributed by atoms with Gasteiger partial charge >= 0.3 is 0 Å². The Labute approximate surface area is 172 Å². The lowest BCUT2D eigenvalue weighted by Gasteiger charge is -2.33. The number of pyridine rings is 1. The number of carbonyl (C=O) groups excluding carboxylic acids is 1. The van der Waals surface area contributed by atoms with Gasteiger partial charge in [-0.25, -0.2) is 8.42 Å². The molecule has 29 heavy (non-hydrogen) atoms. The van der Waals surface area contributed by atoms with Gasteiger partial charge < -0.3 is 9.80 Å². The fraction of sp³-hybridized carbons (Fsp3) is 0.333. The van der Waals surface area contributed by atoms with Crippen LogP contribution >= 0.6 is 0 Å². The second-order valence-corrected chi connectivity index (χ2v) is 9.10. The second-order valence-electron chi connectivity index (χ2n) is 7.18. The minimum atomic E-state index is -3.65. The highest BCUT2D eigenvalue weighted by Crippen LogP contribution is 2.07. The van der Waals surface area contributed by atoms with Crippen molar-refractivity contribution < 1.29 is 18.1 Å². The predicted octanol–water partition coefficient (Wildman–Crippen LogP) is 0.241. The van der Waals surface area contributed by atoms with Gasteiger partial charge in [-0.05, 0) is 23.8 Å². The third-order valence-corrected chi connectivity index (χ3v) is 6.53. The zero-order chi connectivity index (χ0) is 20.7. The van der Waals surface area contributed by atoms with Gasteiger partial charge in [0.15, 0.2) is 0 Å². The Hall–Kier alpha value is -2.55. The number of benzene rings is 1. The third-order valence-electron chi connectivity index (χ3n) is 5.05. The van der Waals surface area contributed by atoms with Crippen LogP contribution < -0.4 is 4.90 Å². The smallest absolute Gasteiger partial charge is 0.238 e. The largest absolute Gasteiger partial charge is 0.330 e. The van der Waals surface area contributed by atoms with E-state index in [1.807, 2.05) is 42.5 Å². The monoisotopic (exact) mass is 415 g/mol. The van der Waals surface area contributed by atoms with E-state index in [-0.39, 0.29) is 12.5 Å². The predicted molar refractivity (Wildman–Crippen MR) is 112 cm³/mol. The number of carbonyl (C=O) groups is 1. The molecular formula is C21H27N4O3S+. The molecule has 1 fully saturated rings. The van der Waals surface area contributed by atoms with Crippen molar-refractivity contribution >= 4 is 22.0 Å². The van der Waals surface area contributed by atoms with E-state index in [9.17, 15) is 13.2 Å². The van der Waals surface area contributed by atoms with Gasteiger partial charge in [-0.2, -0.15) is 4.31 Å². The summed E-state index contributed by atoms with van der Waals surface area (Å²) in [7, 11) is -2.21. The first-order chi connectivity index (χ1) is 13.9. The topological polar surface area (TPSA) is 75.0 Å². The van der Waals surface area contributed by atoms with Crippen molar-refractivity contribution in [2.75, 3.05) is 39.8 Å².